The van der Waals surface area contributed by atoms with E-state index in [-0.39, 0.29) is 5.91 Å². The fourth-order valence-corrected chi connectivity index (χ4v) is 2.00. The molecule has 0 saturated carbocycles. The number of carbonyl (C=O) groups is 2. The van der Waals surface area contributed by atoms with Gasteiger partial charge in [0.15, 0.2) is 0 Å². The standard InChI is InChI=1S/C16H17N3O3/c1-19(2)14-12(8-6-10-17-14)15(20)18-13-9-5-4-7-11(13)16(21)22-3/h4-10H,1-3H3,(H,18,20). The van der Waals surface area contributed by atoms with Crippen LogP contribution < -0.4 is 10.2 Å². The number of methoxy groups -OCH3 is 1. The van der Waals surface area contributed by atoms with E-state index in [4.69, 9.17) is 4.74 Å². The summed E-state index contributed by atoms with van der Waals surface area (Å²) in [5, 5.41) is 2.73. The van der Waals surface area contributed by atoms with E-state index in [2.05, 4.69) is 10.3 Å². The number of anilines is 2. The smallest absolute Gasteiger partial charge is 0.339 e. The summed E-state index contributed by atoms with van der Waals surface area (Å²) in [6.07, 6.45) is 1.62. The number of carbonyl (C=O) groups excluding carboxylic acids is 2. The summed E-state index contributed by atoms with van der Waals surface area (Å²) in [6, 6.07) is 10.1. The predicted molar refractivity (Wildman–Crippen MR) is 84.3 cm³/mol. The molecule has 2 aromatic rings. The van der Waals surface area contributed by atoms with Crippen LogP contribution in [0.15, 0.2) is 42.6 Å². The van der Waals surface area contributed by atoms with E-state index in [0.29, 0.717) is 22.6 Å². The topological polar surface area (TPSA) is 71.5 Å². The molecule has 22 heavy (non-hydrogen) atoms. The van der Waals surface area contributed by atoms with Gasteiger partial charge in [-0.15, -0.1) is 0 Å². The second kappa shape index (κ2) is 6.71. The van der Waals surface area contributed by atoms with Crippen LogP contribution in [0.5, 0.6) is 0 Å². The zero-order valence-corrected chi connectivity index (χ0v) is 12.7. The summed E-state index contributed by atoms with van der Waals surface area (Å²) in [7, 11) is 4.91. The number of amides is 1. The number of nitrogens with one attached hydrogen (secondary N) is 1. The molecule has 0 aliphatic heterocycles. The first-order chi connectivity index (χ1) is 10.5. The number of aromatic nitrogens is 1. The molecule has 0 aliphatic rings. The Labute approximate surface area is 128 Å². The normalized spacial score (nSPS) is 9.95. The van der Waals surface area contributed by atoms with Crippen molar-refractivity contribution in [1.29, 1.82) is 0 Å². The van der Waals surface area contributed by atoms with Crippen molar-refractivity contribution in [2.24, 2.45) is 0 Å². The average molecular weight is 299 g/mol. The molecular weight excluding hydrogens is 282 g/mol. The van der Waals surface area contributed by atoms with E-state index >= 15 is 0 Å². The van der Waals surface area contributed by atoms with Crippen LogP contribution in [-0.4, -0.2) is 38.1 Å². The fourth-order valence-electron chi connectivity index (χ4n) is 2.00. The second-order valence-corrected chi connectivity index (χ2v) is 4.76. The van der Waals surface area contributed by atoms with Gasteiger partial charge in [0.2, 0.25) is 0 Å². The maximum atomic E-state index is 12.5. The number of benzene rings is 1. The van der Waals surface area contributed by atoms with Gasteiger partial charge in [0.1, 0.15) is 5.82 Å². The van der Waals surface area contributed by atoms with E-state index in [1.165, 1.54) is 7.11 Å². The van der Waals surface area contributed by atoms with Crippen molar-refractivity contribution < 1.29 is 14.3 Å². The Morgan fingerprint density at radius 1 is 1.09 bits per heavy atom. The van der Waals surface area contributed by atoms with E-state index in [1.807, 2.05) is 14.1 Å². The molecule has 0 bridgehead atoms. The van der Waals surface area contributed by atoms with Gasteiger partial charge in [-0.1, -0.05) is 12.1 Å². The van der Waals surface area contributed by atoms with Crippen LogP contribution in [0.1, 0.15) is 20.7 Å². The molecule has 1 amide bonds. The van der Waals surface area contributed by atoms with Gasteiger partial charge in [-0.05, 0) is 24.3 Å². The van der Waals surface area contributed by atoms with Crippen LogP contribution in [-0.2, 0) is 4.74 Å². The van der Waals surface area contributed by atoms with Crippen LogP contribution in [0.25, 0.3) is 0 Å². The summed E-state index contributed by atoms with van der Waals surface area (Å²) in [5.74, 6) is -0.293. The molecule has 1 N–H and O–H groups in total. The first-order valence-electron chi connectivity index (χ1n) is 6.65. The molecule has 6 nitrogen and oxygen atoms in total. The Kier molecular flexibility index (Phi) is 4.73. The summed E-state index contributed by atoms with van der Waals surface area (Å²) in [6.45, 7) is 0. The number of nitrogens with zero attached hydrogens (tertiary/aromatic N) is 2. The molecule has 0 spiro atoms. The number of rotatable bonds is 4. The van der Waals surface area contributed by atoms with Gasteiger partial charge in [-0.3, -0.25) is 4.79 Å². The van der Waals surface area contributed by atoms with Gasteiger partial charge in [-0.25, -0.2) is 9.78 Å². The highest BCUT2D eigenvalue weighted by atomic mass is 16.5. The highest BCUT2D eigenvalue weighted by Gasteiger charge is 2.17. The van der Waals surface area contributed by atoms with Crippen LogP contribution in [0.4, 0.5) is 11.5 Å². The number of esters is 1. The molecule has 0 atom stereocenters. The molecule has 2 rings (SSSR count). The second-order valence-electron chi connectivity index (χ2n) is 4.76. The van der Waals surface area contributed by atoms with E-state index in [1.54, 1.807) is 47.5 Å². The SMILES string of the molecule is COC(=O)c1ccccc1NC(=O)c1cccnc1N(C)C. The van der Waals surface area contributed by atoms with Crippen LogP contribution in [0.3, 0.4) is 0 Å². The van der Waals surface area contributed by atoms with Crippen molar-refractivity contribution in [1.82, 2.24) is 4.98 Å². The minimum atomic E-state index is -0.505. The minimum Gasteiger partial charge on any atom is -0.465 e. The quantitative estimate of drug-likeness (QED) is 0.876. The van der Waals surface area contributed by atoms with Gasteiger partial charge in [-0.2, -0.15) is 0 Å². The number of ether oxygens (including phenoxy) is 1. The van der Waals surface area contributed by atoms with E-state index in [0.717, 1.165) is 0 Å². The molecule has 1 heterocycles. The Bertz CT molecular complexity index is 699. The highest BCUT2D eigenvalue weighted by Crippen LogP contribution is 2.20. The molecule has 1 aromatic heterocycles. The van der Waals surface area contributed by atoms with Crippen molar-refractivity contribution >= 4 is 23.4 Å². The first-order valence-corrected chi connectivity index (χ1v) is 6.65. The maximum Gasteiger partial charge on any atom is 0.339 e. The number of hydrogen-bond acceptors (Lipinski definition) is 5. The Morgan fingerprint density at radius 3 is 2.45 bits per heavy atom. The Balaban J connectivity index is 2.33. The summed E-state index contributed by atoms with van der Waals surface area (Å²) < 4.78 is 4.72. The van der Waals surface area contributed by atoms with Gasteiger partial charge < -0.3 is 15.0 Å². The third-order valence-corrected chi connectivity index (χ3v) is 3.04. The molecule has 0 unspecified atom stereocenters. The zero-order valence-electron chi connectivity index (χ0n) is 12.7. The maximum absolute atomic E-state index is 12.5. The van der Waals surface area contributed by atoms with Crippen LogP contribution in [0.2, 0.25) is 0 Å². The Hall–Kier alpha value is -2.89. The summed E-state index contributed by atoms with van der Waals surface area (Å²) in [4.78, 5) is 30.1. The summed E-state index contributed by atoms with van der Waals surface area (Å²) >= 11 is 0. The monoisotopic (exact) mass is 299 g/mol. The third kappa shape index (κ3) is 3.22. The molecule has 114 valence electrons. The predicted octanol–water partition coefficient (Wildman–Crippen LogP) is 2.19. The van der Waals surface area contributed by atoms with Crippen LogP contribution >= 0.6 is 0 Å². The number of pyridine rings is 1. The Morgan fingerprint density at radius 2 is 1.77 bits per heavy atom. The van der Waals surface area contributed by atoms with Crippen molar-refractivity contribution in [2.75, 3.05) is 31.4 Å². The lowest BCUT2D eigenvalue weighted by molar-refractivity contribution is 0.0602. The minimum absolute atomic E-state index is 0.300. The first kappa shape index (κ1) is 15.5. The molecule has 0 aliphatic carbocycles. The third-order valence-electron chi connectivity index (χ3n) is 3.04. The van der Waals surface area contributed by atoms with Crippen molar-refractivity contribution in [3.05, 3.63) is 53.7 Å². The lowest BCUT2D eigenvalue weighted by Gasteiger charge is -2.16. The van der Waals surface area contributed by atoms with E-state index in [9.17, 15) is 9.59 Å². The molecular formula is C16H17N3O3. The number of para-hydroxylation sites is 1. The van der Waals surface area contributed by atoms with Gasteiger partial charge >= 0.3 is 5.97 Å². The zero-order chi connectivity index (χ0) is 16.1. The van der Waals surface area contributed by atoms with Crippen molar-refractivity contribution in [2.45, 2.75) is 0 Å². The molecule has 0 saturated heterocycles. The van der Waals surface area contributed by atoms with Gasteiger partial charge in [0, 0.05) is 20.3 Å². The van der Waals surface area contributed by atoms with Crippen LogP contribution in [0, 0.1) is 0 Å². The largest absolute Gasteiger partial charge is 0.465 e. The summed E-state index contributed by atoms with van der Waals surface area (Å²) in [5.41, 5.74) is 1.12. The van der Waals surface area contributed by atoms with Crippen molar-refractivity contribution in [3.8, 4) is 0 Å². The number of hydrogen-bond donors (Lipinski definition) is 1. The van der Waals surface area contributed by atoms with E-state index < -0.39 is 5.97 Å². The lowest BCUT2D eigenvalue weighted by atomic mass is 10.1. The lowest BCUT2D eigenvalue weighted by Crippen LogP contribution is -2.20. The highest BCUT2D eigenvalue weighted by molar-refractivity contribution is 6.10. The average Bonchev–Trinajstić information content (AvgIpc) is 2.54. The fraction of sp³-hybridized carbons (Fsp3) is 0.188. The molecule has 6 heteroatoms. The van der Waals surface area contributed by atoms with Crippen molar-refractivity contribution in [3.63, 3.8) is 0 Å². The van der Waals surface area contributed by atoms with Gasteiger partial charge in [0.25, 0.3) is 5.91 Å². The molecule has 1 aromatic carbocycles. The van der Waals surface area contributed by atoms with Gasteiger partial charge in [0.05, 0.1) is 23.9 Å². The molecule has 0 radical (unpaired) electrons. The molecule has 0 fully saturated rings.